The fraction of sp³-hybridized carbons (Fsp3) is 0.444. The van der Waals surface area contributed by atoms with Crippen LogP contribution in [0.2, 0.25) is 0 Å². The van der Waals surface area contributed by atoms with Crippen molar-refractivity contribution in [3.05, 3.63) is 23.2 Å². The Kier molecular flexibility index (Phi) is 2.51. The molecule has 1 aromatic rings. The summed E-state index contributed by atoms with van der Waals surface area (Å²) in [4.78, 5) is 0. The largest absolute Gasteiger partial charge is 0.464 e. The lowest BCUT2D eigenvalue weighted by Gasteiger charge is -2.00. The third kappa shape index (κ3) is 1.66. The van der Waals surface area contributed by atoms with Crippen LogP contribution in [0.5, 0.6) is 0 Å². The van der Waals surface area contributed by atoms with Crippen LogP contribution in [0.3, 0.4) is 0 Å². The quantitative estimate of drug-likeness (QED) is 0.725. The third-order valence-electron chi connectivity index (χ3n) is 1.86. The van der Waals surface area contributed by atoms with Gasteiger partial charge >= 0.3 is 0 Å². The number of nitrogens with zero attached hydrogens (tertiary/aromatic N) is 1. The lowest BCUT2D eigenvalue weighted by atomic mass is 10.1. The van der Waals surface area contributed by atoms with E-state index in [1.54, 1.807) is 0 Å². The molecule has 0 saturated carbocycles. The fourth-order valence-corrected chi connectivity index (χ4v) is 0.983. The van der Waals surface area contributed by atoms with Crippen LogP contribution in [0, 0.1) is 25.2 Å². The highest BCUT2D eigenvalue weighted by atomic mass is 16.3. The zero-order chi connectivity index (χ0) is 9.14. The Labute approximate surface area is 71.8 Å². The number of nitrogens with two attached hydrogens (primary N) is 1. The average molecular weight is 164 g/mol. The highest BCUT2D eigenvalue weighted by Gasteiger charge is 2.11. The van der Waals surface area contributed by atoms with Crippen molar-refractivity contribution in [3.63, 3.8) is 0 Å². The van der Waals surface area contributed by atoms with Gasteiger partial charge in [0, 0.05) is 0 Å². The normalized spacial score (nSPS) is 12.5. The maximum absolute atomic E-state index is 8.40. The first-order valence-electron chi connectivity index (χ1n) is 3.84. The van der Waals surface area contributed by atoms with E-state index in [0.717, 1.165) is 11.3 Å². The van der Waals surface area contributed by atoms with Gasteiger partial charge in [-0.15, -0.1) is 0 Å². The van der Waals surface area contributed by atoms with Crippen molar-refractivity contribution in [2.75, 3.05) is 0 Å². The second kappa shape index (κ2) is 3.42. The van der Waals surface area contributed by atoms with Gasteiger partial charge in [-0.1, -0.05) is 0 Å². The highest BCUT2D eigenvalue weighted by molar-refractivity contribution is 5.21. The first kappa shape index (κ1) is 8.82. The number of furan rings is 1. The van der Waals surface area contributed by atoms with Gasteiger partial charge in [0.2, 0.25) is 0 Å². The van der Waals surface area contributed by atoms with Crippen molar-refractivity contribution < 1.29 is 4.42 Å². The van der Waals surface area contributed by atoms with E-state index in [0.29, 0.717) is 12.2 Å². The van der Waals surface area contributed by atoms with E-state index in [9.17, 15) is 0 Å². The molecular weight excluding hydrogens is 152 g/mol. The van der Waals surface area contributed by atoms with Crippen LogP contribution in [0.1, 0.15) is 29.5 Å². The Balaban J connectivity index is 2.83. The standard InChI is InChI=1S/C9H12N2O/c1-6-5-9(12-7(6)2)8(11)3-4-10/h5,8H,3,11H2,1-2H3/t8-/m1/s1. The molecule has 0 spiro atoms. The molecule has 1 heterocycles. The van der Waals surface area contributed by atoms with E-state index < -0.39 is 0 Å². The second-order valence-corrected chi connectivity index (χ2v) is 2.86. The molecule has 1 atom stereocenters. The average Bonchev–Trinajstić information content (AvgIpc) is 2.33. The van der Waals surface area contributed by atoms with Crippen LogP contribution < -0.4 is 5.73 Å². The summed E-state index contributed by atoms with van der Waals surface area (Å²) in [5, 5.41) is 8.40. The molecule has 1 rings (SSSR count). The van der Waals surface area contributed by atoms with E-state index in [-0.39, 0.29) is 6.04 Å². The molecule has 0 fully saturated rings. The summed E-state index contributed by atoms with van der Waals surface area (Å²) in [6.45, 7) is 3.85. The molecule has 3 heteroatoms. The monoisotopic (exact) mass is 164 g/mol. The summed E-state index contributed by atoms with van der Waals surface area (Å²) in [5.74, 6) is 1.57. The molecule has 0 saturated heterocycles. The SMILES string of the molecule is Cc1cc([C@H](N)CC#N)oc1C. The van der Waals surface area contributed by atoms with Crippen molar-refractivity contribution in [1.82, 2.24) is 0 Å². The van der Waals surface area contributed by atoms with Gasteiger partial charge in [0.05, 0.1) is 18.5 Å². The molecular formula is C9H12N2O. The lowest BCUT2D eigenvalue weighted by Crippen LogP contribution is -2.07. The predicted molar refractivity (Wildman–Crippen MR) is 45.3 cm³/mol. The molecule has 0 unspecified atom stereocenters. The molecule has 0 aromatic carbocycles. The first-order valence-corrected chi connectivity index (χ1v) is 3.84. The van der Waals surface area contributed by atoms with E-state index >= 15 is 0 Å². The smallest absolute Gasteiger partial charge is 0.122 e. The summed E-state index contributed by atoms with van der Waals surface area (Å²) in [6, 6.07) is 3.61. The van der Waals surface area contributed by atoms with Crippen molar-refractivity contribution in [3.8, 4) is 6.07 Å². The Hall–Kier alpha value is -1.27. The van der Waals surface area contributed by atoms with E-state index in [1.165, 1.54) is 0 Å². The Morgan fingerprint density at radius 1 is 1.67 bits per heavy atom. The van der Waals surface area contributed by atoms with Crippen LogP contribution in [0.4, 0.5) is 0 Å². The van der Waals surface area contributed by atoms with Gasteiger partial charge < -0.3 is 10.2 Å². The number of aryl methyl sites for hydroxylation is 2. The molecule has 0 aliphatic heterocycles. The topological polar surface area (TPSA) is 63.0 Å². The zero-order valence-corrected chi connectivity index (χ0v) is 7.29. The van der Waals surface area contributed by atoms with Gasteiger partial charge in [-0.3, -0.25) is 0 Å². The number of rotatable bonds is 2. The van der Waals surface area contributed by atoms with E-state index in [4.69, 9.17) is 15.4 Å². The summed E-state index contributed by atoms with van der Waals surface area (Å²) < 4.78 is 5.35. The van der Waals surface area contributed by atoms with E-state index in [1.807, 2.05) is 26.0 Å². The van der Waals surface area contributed by atoms with Crippen molar-refractivity contribution >= 4 is 0 Å². The summed E-state index contributed by atoms with van der Waals surface area (Å²) in [7, 11) is 0. The molecule has 0 aliphatic rings. The highest BCUT2D eigenvalue weighted by Crippen LogP contribution is 2.19. The van der Waals surface area contributed by atoms with Crippen LogP contribution in [0.15, 0.2) is 10.5 Å². The van der Waals surface area contributed by atoms with Gasteiger partial charge in [0.25, 0.3) is 0 Å². The number of hydrogen-bond donors (Lipinski definition) is 1. The number of hydrogen-bond acceptors (Lipinski definition) is 3. The minimum atomic E-state index is -0.289. The van der Waals surface area contributed by atoms with Crippen molar-refractivity contribution in [2.24, 2.45) is 5.73 Å². The Morgan fingerprint density at radius 3 is 2.75 bits per heavy atom. The molecule has 0 amide bonds. The second-order valence-electron chi connectivity index (χ2n) is 2.86. The van der Waals surface area contributed by atoms with Gasteiger partial charge in [-0.2, -0.15) is 5.26 Å². The molecule has 12 heavy (non-hydrogen) atoms. The Bertz CT molecular complexity index is 289. The van der Waals surface area contributed by atoms with Crippen LogP contribution >= 0.6 is 0 Å². The van der Waals surface area contributed by atoms with Gasteiger partial charge in [-0.25, -0.2) is 0 Å². The summed E-state index contributed by atoms with van der Waals surface area (Å²) >= 11 is 0. The summed E-state index contributed by atoms with van der Waals surface area (Å²) in [5.41, 5.74) is 6.75. The Morgan fingerprint density at radius 2 is 2.33 bits per heavy atom. The molecule has 64 valence electrons. The number of nitriles is 1. The minimum Gasteiger partial charge on any atom is -0.464 e. The zero-order valence-electron chi connectivity index (χ0n) is 7.29. The lowest BCUT2D eigenvalue weighted by molar-refractivity contribution is 0.447. The van der Waals surface area contributed by atoms with Gasteiger partial charge in [0.15, 0.2) is 0 Å². The van der Waals surface area contributed by atoms with Crippen LogP contribution in [-0.4, -0.2) is 0 Å². The van der Waals surface area contributed by atoms with Crippen LogP contribution in [0.25, 0.3) is 0 Å². The molecule has 0 bridgehead atoms. The van der Waals surface area contributed by atoms with Crippen molar-refractivity contribution in [2.45, 2.75) is 26.3 Å². The summed E-state index contributed by atoms with van der Waals surface area (Å²) in [6.07, 6.45) is 0.298. The maximum atomic E-state index is 8.40. The minimum absolute atomic E-state index is 0.289. The molecule has 0 radical (unpaired) electrons. The molecule has 0 aliphatic carbocycles. The van der Waals surface area contributed by atoms with Crippen molar-refractivity contribution in [1.29, 1.82) is 5.26 Å². The van der Waals surface area contributed by atoms with Gasteiger partial charge in [0.1, 0.15) is 11.5 Å². The van der Waals surface area contributed by atoms with Gasteiger partial charge in [-0.05, 0) is 25.5 Å². The predicted octanol–water partition coefficient (Wildman–Crippen LogP) is 1.81. The van der Waals surface area contributed by atoms with Crippen LogP contribution in [-0.2, 0) is 0 Å². The molecule has 1 aromatic heterocycles. The third-order valence-corrected chi connectivity index (χ3v) is 1.86. The van der Waals surface area contributed by atoms with E-state index in [2.05, 4.69) is 0 Å². The maximum Gasteiger partial charge on any atom is 0.122 e. The fourth-order valence-electron chi connectivity index (χ4n) is 0.983. The molecule has 2 N–H and O–H groups in total. The first-order chi connectivity index (χ1) is 5.65. The molecule has 3 nitrogen and oxygen atoms in total.